The number of piperidine rings is 1. The predicted octanol–water partition coefficient (Wildman–Crippen LogP) is 4.38. The monoisotopic (exact) mass is 341 g/mol. The van der Waals surface area contributed by atoms with Gasteiger partial charge in [-0.1, -0.05) is 23.7 Å². The molecule has 1 aromatic carbocycles. The summed E-state index contributed by atoms with van der Waals surface area (Å²) in [5, 5.41) is 3.36. The minimum absolute atomic E-state index is 0.232. The number of hydrogen-bond donors (Lipinski definition) is 1. The Morgan fingerprint density at radius 1 is 1.17 bits per heavy atom. The van der Waals surface area contributed by atoms with Crippen LogP contribution in [0.1, 0.15) is 24.8 Å². The summed E-state index contributed by atoms with van der Waals surface area (Å²) in [6.45, 7) is 2.16. The van der Waals surface area contributed by atoms with E-state index in [1.54, 1.807) is 24.4 Å². The van der Waals surface area contributed by atoms with Gasteiger partial charge in [0.25, 0.3) is 0 Å². The van der Waals surface area contributed by atoms with Gasteiger partial charge in [-0.15, -0.1) is 0 Å². The molecule has 1 fully saturated rings. The Balaban J connectivity index is 1.65. The minimum Gasteiger partial charge on any atom is -0.371 e. The Morgan fingerprint density at radius 3 is 2.71 bits per heavy atom. The number of halogens is 1. The third-order valence-electron chi connectivity index (χ3n) is 4.04. The van der Waals surface area contributed by atoms with Crippen molar-refractivity contribution >= 4 is 35.1 Å². The van der Waals surface area contributed by atoms with Gasteiger partial charge in [-0.25, -0.2) is 4.98 Å². The number of pyridine rings is 1. The van der Waals surface area contributed by atoms with Crippen molar-refractivity contribution < 1.29 is 4.79 Å². The first-order valence-corrected chi connectivity index (χ1v) is 8.55. The zero-order chi connectivity index (χ0) is 16.8. The van der Waals surface area contributed by atoms with Crippen molar-refractivity contribution in [1.29, 1.82) is 0 Å². The number of nitrogens with one attached hydrogen (secondary N) is 1. The van der Waals surface area contributed by atoms with Crippen molar-refractivity contribution in [2.75, 3.05) is 23.3 Å². The van der Waals surface area contributed by atoms with Crippen LogP contribution in [0.2, 0.25) is 5.02 Å². The lowest BCUT2D eigenvalue weighted by Gasteiger charge is -2.29. The van der Waals surface area contributed by atoms with Crippen molar-refractivity contribution in [3.63, 3.8) is 0 Å². The molecule has 1 N–H and O–H groups in total. The zero-order valence-electron chi connectivity index (χ0n) is 13.4. The number of benzene rings is 1. The Bertz CT molecular complexity index is 725. The summed E-state index contributed by atoms with van der Waals surface area (Å²) in [6.07, 6.45) is 8.59. The molecule has 2 heterocycles. The van der Waals surface area contributed by atoms with Crippen LogP contribution in [0.3, 0.4) is 0 Å². The van der Waals surface area contributed by atoms with Crippen LogP contribution in [0.25, 0.3) is 6.08 Å². The second kappa shape index (κ2) is 7.97. The number of amides is 1. The average molecular weight is 342 g/mol. The Hall–Kier alpha value is -2.33. The van der Waals surface area contributed by atoms with Crippen molar-refractivity contribution in [2.24, 2.45) is 0 Å². The smallest absolute Gasteiger partial charge is 0.249 e. The summed E-state index contributed by atoms with van der Waals surface area (Å²) >= 11 is 6.37. The summed E-state index contributed by atoms with van der Waals surface area (Å²) in [5.74, 6) is 0.295. The minimum atomic E-state index is -0.232. The van der Waals surface area contributed by atoms with Gasteiger partial charge in [-0.2, -0.15) is 0 Å². The van der Waals surface area contributed by atoms with Crippen LogP contribution in [0.4, 0.5) is 11.5 Å². The maximum atomic E-state index is 11.9. The van der Waals surface area contributed by atoms with E-state index >= 15 is 0 Å². The average Bonchev–Trinajstić information content (AvgIpc) is 2.62. The Morgan fingerprint density at radius 2 is 2.00 bits per heavy atom. The first-order valence-electron chi connectivity index (χ1n) is 8.17. The highest BCUT2D eigenvalue weighted by molar-refractivity contribution is 6.32. The molecular formula is C19H20ClN3O. The van der Waals surface area contributed by atoms with Gasteiger partial charge in [-0.05, 0) is 55.2 Å². The molecule has 0 aliphatic carbocycles. The van der Waals surface area contributed by atoms with Crippen molar-refractivity contribution in [3.8, 4) is 0 Å². The quantitative estimate of drug-likeness (QED) is 0.839. The molecule has 0 radical (unpaired) electrons. The van der Waals surface area contributed by atoms with E-state index in [0.717, 1.165) is 24.3 Å². The number of aromatic nitrogens is 1. The highest BCUT2D eigenvalue weighted by Crippen LogP contribution is 2.26. The van der Waals surface area contributed by atoms with Crippen LogP contribution < -0.4 is 10.2 Å². The molecule has 4 nitrogen and oxygen atoms in total. The fraction of sp³-hybridized carbons (Fsp3) is 0.263. The van der Waals surface area contributed by atoms with E-state index in [1.165, 1.54) is 25.3 Å². The number of carbonyl (C=O) groups excluding carboxylic acids is 1. The highest BCUT2D eigenvalue weighted by atomic mass is 35.5. The summed E-state index contributed by atoms with van der Waals surface area (Å²) in [5.41, 5.74) is 1.98. The second-order valence-electron chi connectivity index (χ2n) is 5.79. The van der Waals surface area contributed by atoms with Gasteiger partial charge < -0.3 is 10.2 Å². The van der Waals surface area contributed by atoms with E-state index in [-0.39, 0.29) is 5.91 Å². The topological polar surface area (TPSA) is 45.2 Å². The molecule has 1 aromatic heterocycles. The van der Waals surface area contributed by atoms with Crippen LogP contribution in [0, 0.1) is 0 Å². The molecule has 1 saturated heterocycles. The van der Waals surface area contributed by atoms with E-state index in [0.29, 0.717) is 10.8 Å². The van der Waals surface area contributed by atoms with Gasteiger partial charge in [0.15, 0.2) is 0 Å². The van der Waals surface area contributed by atoms with Crippen LogP contribution in [0.15, 0.2) is 48.7 Å². The number of carbonyl (C=O) groups is 1. The second-order valence-corrected chi connectivity index (χ2v) is 6.20. The lowest BCUT2D eigenvalue weighted by Crippen LogP contribution is -2.29. The number of nitrogens with zero attached hydrogens (tertiary/aromatic N) is 2. The maximum absolute atomic E-state index is 11.9. The van der Waals surface area contributed by atoms with Crippen LogP contribution in [0.5, 0.6) is 0 Å². The van der Waals surface area contributed by atoms with Gasteiger partial charge in [0, 0.05) is 36.1 Å². The van der Waals surface area contributed by atoms with Gasteiger partial charge in [-0.3, -0.25) is 4.79 Å². The Labute approximate surface area is 147 Å². The molecule has 5 heteroatoms. The van der Waals surface area contributed by atoms with Gasteiger partial charge in [0.2, 0.25) is 5.91 Å². The molecule has 0 bridgehead atoms. The van der Waals surface area contributed by atoms with Gasteiger partial charge in [0.1, 0.15) is 5.82 Å². The van der Waals surface area contributed by atoms with Crippen LogP contribution in [-0.2, 0) is 4.79 Å². The third kappa shape index (κ3) is 4.36. The summed E-state index contributed by atoms with van der Waals surface area (Å²) < 4.78 is 0. The van der Waals surface area contributed by atoms with Crippen LogP contribution in [-0.4, -0.2) is 24.0 Å². The third-order valence-corrected chi connectivity index (χ3v) is 4.36. The van der Waals surface area contributed by atoms with E-state index in [1.807, 2.05) is 18.2 Å². The molecule has 1 aliphatic heterocycles. The normalized spacial score (nSPS) is 14.8. The summed E-state index contributed by atoms with van der Waals surface area (Å²) in [4.78, 5) is 18.3. The largest absolute Gasteiger partial charge is 0.371 e. The van der Waals surface area contributed by atoms with E-state index in [9.17, 15) is 4.79 Å². The summed E-state index contributed by atoms with van der Waals surface area (Å²) in [7, 11) is 0. The molecular weight excluding hydrogens is 322 g/mol. The van der Waals surface area contributed by atoms with Gasteiger partial charge in [0.05, 0.1) is 0 Å². The molecule has 2 aromatic rings. The SMILES string of the molecule is O=C(/C=C/c1ccc(N2CCCCC2)cc1Cl)Nc1ccccn1. The van der Waals surface area contributed by atoms with Crippen molar-refractivity contribution in [3.05, 3.63) is 59.3 Å². The lowest BCUT2D eigenvalue weighted by molar-refractivity contribution is -0.111. The molecule has 0 unspecified atom stereocenters. The highest BCUT2D eigenvalue weighted by Gasteiger charge is 2.11. The van der Waals surface area contributed by atoms with E-state index in [2.05, 4.69) is 21.3 Å². The molecule has 0 atom stereocenters. The number of hydrogen-bond acceptors (Lipinski definition) is 3. The van der Waals surface area contributed by atoms with Crippen molar-refractivity contribution in [2.45, 2.75) is 19.3 Å². The predicted molar refractivity (Wildman–Crippen MR) is 99.4 cm³/mol. The number of rotatable bonds is 4. The van der Waals surface area contributed by atoms with E-state index < -0.39 is 0 Å². The molecule has 24 heavy (non-hydrogen) atoms. The fourth-order valence-electron chi connectivity index (χ4n) is 2.77. The van der Waals surface area contributed by atoms with Crippen LogP contribution >= 0.6 is 11.6 Å². The molecule has 3 rings (SSSR count). The Kier molecular flexibility index (Phi) is 5.49. The van der Waals surface area contributed by atoms with E-state index in [4.69, 9.17) is 11.6 Å². The molecule has 1 aliphatic rings. The first-order chi connectivity index (χ1) is 11.7. The first kappa shape index (κ1) is 16.5. The molecule has 124 valence electrons. The number of anilines is 2. The van der Waals surface area contributed by atoms with Gasteiger partial charge >= 0.3 is 0 Å². The molecule has 0 spiro atoms. The molecule has 1 amide bonds. The zero-order valence-corrected chi connectivity index (χ0v) is 14.2. The fourth-order valence-corrected chi connectivity index (χ4v) is 3.01. The maximum Gasteiger partial charge on any atom is 0.249 e. The lowest BCUT2D eigenvalue weighted by atomic mass is 10.1. The standard InChI is InChI=1S/C19H20ClN3O/c20-17-14-16(23-12-4-1-5-13-23)9-7-15(17)8-10-19(24)22-18-6-2-3-11-21-18/h2-3,6-11,14H,1,4-5,12-13H2,(H,21,22,24)/b10-8+. The molecule has 0 saturated carbocycles. The van der Waals surface area contributed by atoms with Crippen molar-refractivity contribution in [1.82, 2.24) is 4.98 Å². The summed E-state index contributed by atoms with van der Waals surface area (Å²) in [6, 6.07) is 11.4.